The molecule has 0 bridgehead atoms. The van der Waals surface area contributed by atoms with E-state index in [0.717, 1.165) is 30.3 Å². The fourth-order valence-electron chi connectivity index (χ4n) is 4.39. The fraction of sp³-hybridized carbons (Fsp3) is 0.167. The van der Waals surface area contributed by atoms with Crippen LogP contribution in [0, 0.1) is 5.41 Å². The van der Waals surface area contributed by atoms with Crippen molar-refractivity contribution in [2.45, 2.75) is 13.3 Å². The topological polar surface area (TPSA) is 148 Å². The number of likely N-dealkylation sites (N-methyl/N-ethyl adjacent to an activating group) is 1. The lowest BCUT2D eigenvalue weighted by Crippen LogP contribution is -2.23. The molecule has 11 heteroatoms. The van der Waals surface area contributed by atoms with Crippen molar-refractivity contribution in [1.29, 1.82) is 5.41 Å². The Morgan fingerprint density at radius 3 is 2.51 bits per heavy atom. The average molecular weight is 549 g/mol. The van der Waals surface area contributed by atoms with Gasteiger partial charge in [-0.3, -0.25) is 10.4 Å². The summed E-state index contributed by atoms with van der Waals surface area (Å²) >= 11 is 0. The van der Waals surface area contributed by atoms with Crippen LogP contribution in [0.15, 0.2) is 77.8 Å². The van der Waals surface area contributed by atoms with Crippen molar-refractivity contribution in [3.8, 4) is 34.9 Å². The van der Waals surface area contributed by atoms with Crippen LogP contribution >= 0.6 is 0 Å². The van der Waals surface area contributed by atoms with Crippen molar-refractivity contribution in [3.63, 3.8) is 0 Å². The number of amidine groups is 2. The molecule has 4 N–H and O–H groups in total. The molecule has 0 aliphatic carbocycles. The van der Waals surface area contributed by atoms with Crippen LogP contribution in [0.5, 0.6) is 34.9 Å². The number of H-pyrrole nitrogens is 1. The second kappa shape index (κ2) is 11.0. The van der Waals surface area contributed by atoms with E-state index in [9.17, 15) is 0 Å². The number of rotatable bonds is 9. The van der Waals surface area contributed by atoms with Gasteiger partial charge in [-0.1, -0.05) is 37.3 Å². The number of imidazole rings is 1. The number of nitrogens with zero attached hydrogens (tertiary/aromatic N) is 5. The minimum Gasteiger partial charge on any atom is -0.453 e. The van der Waals surface area contributed by atoms with Crippen LogP contribution in [0.3, 0.4) is 0 Å². The summed E-state index contributed by atoms with van der Waals surface area (Å²) in [6.45, 7) is 3.62. The molecule has 5 aromatic rings. The lowest BCUT2D eigenvalue weighted by Gasteiger charge is -2.15. The Morgan fingerprint density at radius 2 is 1.76 bits per heavy atom. The number of para-hydroxylation sites is 1. The van der Waals surface area contributed by atoms with E-state index in [4.69, 9.17) is 25.4 Å². The number of ether oxygens (including phenoxy) is 3. The summed E-state index contributed by atoms with van der Waals surface area (Å²) in [5.74, 6) is 3.58. The number of nitrogens with one attached hydrogen (secondary N) is 2. The first kappa shape index (κ1) is 25.8. The summed E-state index contributed by atoms with van der Waals surface area (Å²) in [6.07, 6.45) is 0.659. The van der Waals surface area contributed by atoms with Gasteiger partial charge in [0.25, 0.3) is 5.88 Å². The van der Waals surface area contributed by atoms with Gasteiger partial charge >= 0.3 is 6.01 Å². The van der Waals surface area contributed by atoms with Gasteiger partial charge in [0.05, 0.1) is 6.54 Å². The van der Waals surface area contributed by atoms with Gasteiger partial charge in [-0.25, -0.2) is 4.98 Å². The van der Waals surface area contributed by atoms with Crippen LogP contribution < -0.4 is 19.9 Å². The number of nitrogens with two attached hydrogens (primary N) is 1. The Bertz CT molecular complexity index is 1770. The Morgan fingerprint density at radius 1 is 0.927 bits per heavy atom. The van der Waals surface area contributed by atoms with E-state index in [1.807, 2.05) is 68.6 Å². The van der Waals surface area contributed by atoms with Crippen LogP contribution in [0.25, 0.3) is 11.2 Å². The standard InChI is InChI=1S/C30H28N8O3/c1-3-24-34-25-27(35-24)36-30(40-21-11-7-8-19(16-21)28-33-14-15-38(28)2)37-29(25)41-23-17-18(26(31)32)12-13-22(23)39-20-9-5-4-6-10-20/h4-13,16-17H,3,14-15H2,1-2H3,(H3,31,32)(H,34,35,36,37). The zero-order valence-corrected chi connectivity index (χ0v) is 22.6. The summed E-state index contributed by atoms with van der Waals surface area (Å²) in [7, 11) is 2.01. The molecule has 0 saturated carbocycles. The van der Waals surface area contributed by atoms with Crippen molar-refractivity contribution >= 4 is 22.8 Å². The van der Waals surface area contributed by atoms with Gasteiger partial charge in [-0.15, -0.1) is 0 Å². The third-order valence-corrected chi connectivity index (χ3v) is 6.47. The zero-order valence-electron chi connectivity index (χ0n) is 22.6. The van der Waals surface area contributed by atoms with Gasteiger partial charge < -0.3 is 29.8 Å². The second-order valence-corrected chi connectivity index (χ2v) is 9.39. The molecule has 0 radical (unpaired) electrons. The molecule has 1 aliphatic heterocycles. The first-order valence-electron chi connectivity index (χ1n) is 13.2. The fourth-order valence-corrected chi connectivity index (χ4v) is 4.39. The highest BCUT2D eigenvalue weighted by Gasteiger charge is 2.20. The predicted molar refractivity (Wildman–Crippen MR) is 156 cm³/mol. The molecule has 0 spiro atoms. The van der Waals surface area contributed by atoms with Crippen LogP contribution in [0.4, 0.5) is 0 Å². The monoisotopic (exact) mass is 548 g/mol. The van der Waals surface area contributed by atoms with E-state index in [1.165, 1.54) is 0 Å². The molecular formula is C30H28N8O3. The van der Waals surface area contributed by atoms with E-state index in [0.29, 0.717) is 46.1 Å². The Labute approximate surface area is 236 Å². The van der Waals surface area contributed by atoms with Crippen LogP contribution in [-0.2, 0) is 6.42 Å². The number of aromatic nitrogens is 4. The van der Waals surface area contributed by atoms with Crippen molar-refractivity contribution in [2.75, 3.05) is 20.1 Å². The van der Waals surface area contributed by atoms with Crippen molar-refractivity contribution < 1.29 is 14.2 Å². The third-order valence-electron chi connectivity index (χ3n) is 6.47. The maximum Gasteiger partial charge on any atom is 0.327 e. The molecule has 0 saturated heterocycles. The van der Waals surface area contributed by atoms with E-state index >= 15 is 0 Å². The highest BCUT2D eigenvalue weighted by atomic mass is 16.5. The minimum atomic E-state index is -0.108. The molecular weight excluding hydrogens is 520 g/mol. The molecule has 6 rings (SSSR count). The van der Waals surface area contributed by atoms with E-state index in [1.54, 1.807) is 18.2 Å². The third kappa shape index (κ3) is 5.50. The lowest BCUT2D eigenvalue weighted by atomic mass is 10.2. The SMILES string of the molecule is CCc1nc2c(Oc3cc(C(=N)N)ccc3Oc3ccccc3)nc(Oc3cccc(C4=NCCN4C)c3)nc2[nH]1. The molecule has 3 heterocycles. The molecule has 0 unspecified atom stereocenters. The molecule has 3 aromatic carbocycles. The number of hydrogen-bond donors (Lipinski definition) is 3. The number of nitrogen functional groups attached to an aromatic ring is 1. The number of hydrogen-bond acceptors (Lipinski definition) is 9. The zero-order chi connectivity index (χ0) is 28.3. The summed E-state index contributed by atoms with van der Waals surface area (Å²) in [4.78, 5) is 23.7. The van der Waals surface area contributed by atoms with Crippen molar-refractivity contribution in [3.05, 3.63) is 89.7 Å². The molecule has 0 fully saturated rings. The largest absolute Gasteiger partial charge is 0.453 e. The molecule has 2 aromatic heterocycles. The lowest BCUT2D eigenvalue weighted by molar-refractivity contribution is 0.395. The van der Waals surface area contributed by atoms with Gasteiger partial charge in [0.2, 0.25) is 0 Å². The highest BCUT2D eigenvalue weighted by molar-refractivity contribution is 6.00. The molecule has 41 heavy (non-hydrogen) atoms. The summed E-state index contributed by atoms with van der Waals surface area (Å²) in [6, 6.07) is 22.1. The van der Waals surface area contributed by atoms with Crippen LogP contribution in [0.2, 0.25) is 0 Å². The van der Waals surface area contributed by atoms with Gasteiger partial charge in [0.1, 0.15) is 29.0 Å². The van der Waals surface area contributed by atoms with E-state index < -0.39 is 0 Å². The molecule has 11 nitrogen and oxygen atoms in total. The maximum atomic E-state index is 7.92. The summed E-state index contributed by atoms with van der Waals surface area (Å²) < 4.78 is 18.5. The Kier molecular flexibility index (Phi) is 6.90. The normalized spacial score (nSPS) is 12.8. The van der Waals surface area contributed by atoms with Gasteiger partial charge in [0, 0.05) is 31.1 Å². The molecule has 206 valence electrons. The van der Waals surface area contributed by atoms with Crippen molar-refractivity contribution in [2.24, 2.45) is 10.7 Å². The molecule has 0 amide bonds. The van der Waals surface area contributed by atoms with E-state index in [2.05, 4.69) is 29.8 Å². The van der Waals surface area contributed by atoms with Gasteiger partial charge in [-0.05, 0) is 42.5 Å². The van der Waals surface area contributed by atoms with Gasteiger partial charge in [0.15, 0.2) is 22.7 Å². The second-order valence-electron chi connectivity index (χ2n) is 9.39. The van der Waals surface area contributed by atoms with Crippen LogP contribution in [-0.4, -0.2) is 56.6 Å². The first-order valence-corrected chi connectivity index (χ1v) is 13.2. The highest BCUT2D eigenvalue weighted by Crippen LogP contribution is 2.37. The average Bonchev–Trinajstić information content (AvgIpc) is 3.60. The summed E-state index contributed by atoms with van der Waals surface area (Å²) in [5.41, 5.74) is 8.09. The quantitative estimate of drug-likeness (QED) is 0.167. The smallest absolute Gasteiger partial charge is 0.327 e. The Hall–Kier alpha value is -5.45. The number of benzene rings is 3. The molecule has 0 atom stereocenters. The van der Waals surface area contributed by atoms with E-state index in [-0.39, 0.29) is 17.7 Å². The van der Waals surface area contributed by atoms with Crippen molar-refractivity contribution in [1.82, 2.24) is 24.8 Å². The number of fused-ring (bicyclic) bond motifs is 1. The maximum absolute atomic E-state index is 7.92. The van der Waals surface area contributed by atoms with Crippen LogP contribution in [0.1, 0.15) is 23.9 Å². The number of aliphatic imine (C=N–C) groups is 1. The molecule has 1 aliphatic rings. The number of aromatic amines is 1. The Balaban J connectivity index is 1.38. The van der Waals surface area contributed by atoms with Gasteiger partial charge in [-0.2, -0.15) is 9.97 Å². The minimum absolute atomic E-state index is 0.0749. The predicted octanol–water partition coefficient (Wildman–Crippen LogP) is 5.27. The summed E-state index contributed by atoms with van der Waals surface area (Å²) in [5, 5.41) is 7.92. The number of aryl methyl sites for hydroxylation is 1. The first-order chi connectivity index (χ1) is 20.0.